The third kappa shape index (κ3) is 6.92. The van der Waals surface area contributed by atoms with Gasteiger partial charge in [0.1, 0.15) is 0 Å². The average Bonchev–Trinajstić information content (AvgIpc) is 2.97. The summed E-state index contributed by atoms with van der Waals surface area (Å²) in [6, 6.07) is 7.93. The van der Waals surface area contributed by atoms with Gasteiger partial charge in [0.05, 0.1) is 18.6 Å². The summed E-state index contributed by atoms with van der Waals surface area (Å²) in [6.45, 7) is 0.662. The van der Waals surface area contributed by atoms with E-state index in [0.29, 0.717) is 18.1 Å². The first-order chi connectivity index (χ1) is 11.2. The van der Waals surface area contributed by atoms with E-state index in [-0.39, 0.29) is 5.91 Å². The second-order valence-corrected chi connectivity index (χ2v) is 6.66. The Hall–Kier alpha value is -1.06. The van der Waals surface area contributed by atoms with Crippen LogP contribution in [0.15, 0.2) is 33.8 Å². The minimum absolute atomic E-state index is 0.338. The van der Waals surface area contributed by atoms with Crippen LogP contribution in [0.5, 0.6) is 0 Å². The van der Waals surface area contributed by atoms with Crippen LogP contribution in [0.2, 0.25) is 0 Å². The number of halogens is 1. The Balaban J connectivity index is 1.63. The highest BCUT2D eigenvalue weighted by Gasteiger charge is 2.20. The Labute approximate surface area is 148 Å². The van der Waals surface area contributed by atoms with Crippen molar-refractivity contribution in [3.05, 3.63) is 39.4 Å². The molecule has 0 saturated carbocycles. The molecule has 1 saturated heterocycles. The molecule has 6 nitrogen and oxygen atoms in total. The average molecular weight is 403 g/mol. The summed E-state index contributed by atoms with van der Waals surface area (Å²) in [5.41, 5.74) is 2.67. The molecule has 0 radical (unpaired) electrons. The fourth-order valence-electron chi connectivity index (χ4n) is 2.01. The van der Waals surface area contributed by atoms with Crippen molar-refractivity contribution in [1.82, 2.24) is 10.7 Å². The van der Waals surface area contributed by atoms with Crippen molar-refractivity contribution in [1.29, 1.82) is 0 Å². The number of nitrogens with zero attached hydrogens (tertiary/aromatic N) is 1. The monoisotopic (exact) mass is 402 g/mol. The number of hydroxylamine groups is 3. The molecule has 2 N–H and O–H groups in total. The molecule has 0 atom stereocenters. The molecule has 0 spiro atoms. The van der Waals surface area contributed by atoms with E-state index in [1.165, 1.54) is 17.3 Å². The molecule has 8 heteroatoms. The minimum atomic E-state index is -0.338. The fraction of sp³-hybridized carbons (Fsp3) is 0.400. The van der Waals surface area contributed by atoms with Crippen molar-refractivity contribution in [3.63, 3.8) is 0 Å². The van der Waals surface area contributed by atoms with Crippen LogP contribution in [0.1, 0.15) is 37.7 Å². The van der Waals surface area contributed by atoms with Crippen LogP contribution in [0.3, 0.4) is 0 Å². The Bertz CT molecular complexity index is 556. The molecule has 0 aliphatic carbocycles. The topological polar surface area (TPSA) is 71.0 Å². The van der Waals surface area contributed by atoms with Crippen LogP contribution in [0.25, 0.3) is 6.08 Å². The quantitative estimate of drug-likeness (QED) is 0.296. The number of carbonyl (C=O) groups excluding carboxylic acids is 1. The van der Waals surface area contributed by atoms with E-state index in [2.05, 4.69) is 15.9 Å². The molecule has 1 aromatic rings. The molecule has 0 aromatic heterocycles. The molecule has 1 heterocycles. The molecule has 23 heavy (non-hydrogen) atoms. The van der Waals surface area contributed by atoms with Crippen molar-refractivity contribution < 1.29 is 19.1 Å². The van der Waals surface area contributed by atoms with Gasteiger partial charge in [0, 0.05) is 10.9 Å². The van der Waals surface area contributed by atoms with Crippen molar-refractivity contribution in [2.24, 2.45) is 0 Å². The first-order valence-corrected chi connectivity index (χ1v) is 8.91. The summed E-state index contributed by atoms with van der Waals surface area (Å²) in [5.74, 6) is -0.338. The van der Waals surface area contributed by atoms with Crippen molar-refractivity contribution in [2.75, 3.05) is 6.54 Å². The number of benzene rings is 1. The van der Waals surface area contributed by atoms with E-state index in [1.54, 1.807) is 5.48 Å². The van der Waals surface area contributed by atoms with Gasteiger partial charge in [-0.25, -0.2) is 5.48 Å². The highest BCUT2D eigenvalue weighted by Crippen LogP contribution is 2.32. The van der Waals surface area contributed by atoms with Gasteiger partial charge in [-0.15, -0.1) is 0 Å². The minimum Gasteiger partial charge on any atom is -0.370 e. The molecular weight excluding hydrogens is 384 g/mol. The summed E-state index contributed by atoms with van der Waals surface area (Å²) in [6.07, 6.45) is 5.83. The highest BCUT2D eigenvalue weighted by atomic mass is 79.9. The van der Waals surface area contributed by atoms with Crippen LogP contribution < -0.4 is 5.48 Å². The predicted octanol–water partition coefficient (Wildman–Crippen LogP) is 4.03. The van der Waals surface area contributed by atoms with Gasteiger partial charge in [0.15, 0.2) is 0 Å². The van der Waals surface area contributed by atoms with Crippen LogP contribution in [0, 0.1) is 0 Å². The summed E-state index contributed by atoms with van der Waals surface area (Å²) in [4.78, 5) is 16.4. The van der Waals surface area contributed by atoms with E-state index < -0.39 is 0 Å². The maximum absolute atomic E-state index is 10.8. The van der Waals surface area contributed by atoms with Gasteiger partial charge in [0.25, 0.3) is 0 Å². The first-order valence-electron chi connectivity index (χ1n) is 7.38. The molecule has 0 unspecified atom stereocenters. The van der Waals surface area contributed by atoms with Crippen LogP contribution in [-0.2, 0) is 13.9 Å². The molecule has 1 aromatic carbocycles. The van der Waals surface area contributed by atoms with E-state index in [0.717, 1.165) is 35.7 Å². The Morgan fingerprint density at radius 3 is 2.96 bits per heavy atom. The number of nitrogens with one attached hydrogen (secondary N) is 1. The van der Waals surface area contributed by atoms with Gasteiger partial charge in [-0.1, -0.05) is 40.9 Å². The molecule has 1 aliphatic heterocycles. The lowest BCUT2D eigenvalue weighted by Crippen LogP contribution is -2.18. The van der Waals surface area contributed by atoms with Gasteiger partial charge in [-0.05, 0) is 41.8 Å². The maximum Gasteiger partial charge on any atom is 0.243 e. The SMILES string of the molecule is O=C(CCCCCCN1OSC(=Cc2cccc(Br)c2)O1)NO. The standard InChI is InChI=1S/C15H19BrN2O4S/c16-13-7-5-6-12(10-13)11-15-21-18(22-23-15)9-4-2-1-3-8-14(19)17-20/h5-7,10-11,20H,1-4,8-9H2,(H,17,19). The number of rotatable bonds is 8. The smallest absolute Gasteiger partial charge is 0.243 e. The Morgan fingerprint density at radius 2 is 2.17 bits per heavy atom. The highest BCUT2D eigenvalue weighted by molar-refractivity contribution is 9.10. The molecule has 0 bridgehead atoms. The molecule has 2 rings (SSSR count). The van der Waals surface area contributed by atoms with Crippen LogP contribution >= 0.6 is 28.0 Å². The van der Waals surface area contributed by atoms with E-state index in [1.807, 2.05) is 30.3 Å². The lowest BCUT2D eigenvalue weighted by molar-refractivity contribution is -0.259. The lowest BCUT2D eigenvalue weighted by atomic mass is 10.1. The Kier molecular flexibility index (Phi) is 7.90. The molecule has 1 fully saturated rings. The fourth-order valence-corrected chi connectivity index (χ4v) is 2.99. The molecule has 1 amide bonds. The largest absolute Gasteiger partial charge is 0.370 e. The zero-order valence-electron chi connectivity index (χ0n) is 12.5. The number of hydrogen-bond acceptors (Lipinski definition) is 6. The van der Waals surface area contributed by atoms with Crippen LogP contribution in [-0.4, -0.2) is 22.9 Å². The zero-order chi connectivity index (χ0) is 16.5. The van der Waals surface area contributed by atoms with Gasteiger partial charge >= 0.3 is 0 Å². The summed E-state index contributed by atoms with van der Waals surface area (Å²) in [5, 5.41) is 10.5. The molecule has 126 valence electrons. The number of amides is 1. The van der Waals surface area contributed by atoms with E-state index >= 15 is 0 Å². The van der Waals surface area contributed by atoms with Gasteiger partial charge in [0.2, 0.25) is 11.0 Å². The second-order valence-electron chi connectivity index (χ2n) is 5.02. The molecule has 1 aliphatic rings. The van der Waals surface area contributed by atoms with Crippen molar-refractivity contribution >= 4 is 40.0 Å². The molecular formula is C15H19BrN2O4S. The van der Waals surface area contributed by atoms with Crippen molar-refractivity contribution in [2.45, 2.75) is 32.1 Å². The van der Waals surface area contributed by atoms with Gasteiger partial charge in [-0.3, -0.25) is 10.0 Å². The lowest BCUT2D eigenvalue weighted by Gasteiger charge is -2.10. The first kappa shape index (κ1) is 18.3. The predicted molar refractivity (Wildman–Crippen MR) is 91.6 cm³/mol. The maximum atomic E-state index is 10.8. The summed E-state index contributed by atoms with van der Waals surface area (Å²) < 4.78 is 6.40. The number of unbranched alkanes of at least 4 members (excludes halogenated alkanes) is 3. The van der Waals surface area contributed by atoms with Crippen molar-refractivity contribution in [3.8, 4) is 0 Å². The second kappa shape index (κ2) is 9.94. The van der Waals surface area contributed by atoms with Gasteiger partial charge in [-0.2, -0.15) is 4.28 Å². The zero-order valence-corrected chi connectivity index (χ0v) is 14.9. The van der Waals surface area contributed by atoms with Gasteiger partial charge < -0.3 is 4.84 Å². The third-order valence-electron chi connectivity index (χ3n) is 3.15. The van der Waals surface area contributed by atoms with E-state index in [9.17, 15) is 4.79 Å². The van der Waals surface area contributed by atoms with E-state index in [4.69, 9.17) is 14.3 Å². The summed E-state index contributed by atoms with van der Waals surface area (Å²) in [7, 11) is 0. The van der Waals surface area contributed by atoms with Crippen LogP contribution in [0.4, 0.5) is 0 Å². The summed E-state index contributed by atoms with van der Waals surface area (Å²) >= 11 is 4.63. The number of carbonyl (C=O) groups is 1. The Morgan fingerprint density at radius 1 is 1.35 bits per heavy atom. The number of hydrogen-bond donors (Lipinski definition) is 2. The normalized spacial score (nSPS) is 16.5. The third-order valence-corrected chi connectivity index (χ3v) is 4.24.